The summed E-state index contributed by atoms with van der Waals surface area (Å²) in [5, 5.41) is 9.54. The van der Waals surface area contributed by atoms with E-state index in [1.54, 1.807) is 6.07 Å². The maximum absolute atomic E-state index is 13.0. The smallest absolute Gasteiger partial charge is 0.357 e. The van der Waals surface area contributed by atoms with Gasteiger partial charge in [-0.05, 0) is 36.6 Å². The minimum absolute atomic E-state index is 0.123. The molecular formula is C22H16Cl2N4O3S. The van der Waals surface area contributed by atoms with E-state index in [9.17, 15) is 9.59 Å². The summed E-state index contributed by atoms with van der Waals surface area (Å²) in [6, 6.07) is 16.1. The van der Waals surface area contributed by atoms with Gasteiger partial charge in [0.25, 0.3) is 5.91 Å². The second-order valence-corrected chi connectivity index (χ2v) is 8.45. The number of rotatable bonds is 6. The number of nitrogens with zero attached hydrogens (tertiary/aromatic N) is 3. The van der Waals surface area contributed by atoms with Crippen molar-refractivity contribution in [2.45, 2.75) is 13.0 Å². The molecule has 0 aliphatic heterocycles. The number of carbonyl (C=O) groups is 2. The van der Waals surface area contributed by atoms with Gasteiger partial charge >= 0.3 is 5.97 Å². The highest BCUT2D eigenvalue weighted by Gasteiger charge is 2.24. The van der Waals surface area contributed by atoms with Crippen molar-refractivity contribution in [3.05, 3.63) is 81.9 Å². The van der Waals surface area contributed by atoms with Gasteiger partial charge < -0.3 is 10.1 Å². The summed E-state index contributed by atoms with van der Waals surface area (Å²) >= 11 is 13.4. The number of benzene rings is 1. The van der Waals surface area contributed by atoms with E-state index in [2.05, 4.69) is 15.4 Å². The topological polar surface area (TPSA) is 86.1 Å². The Bertz CT molecular complexity index is 1260. The molecule has 0 fully saturated rings. The van der Waals surface area contributed by atoms with Gasteiger partial charge in [0.05, 0.1) is 20.6 Å². The minimum Gasteiger partial charge on any atom is -0.448 e. The predicted octanol–water partition coefficient (Wildman–Crippen LogP) is 5.49. The monoisotopic (exact) mass is 486 g/mol. The lowest BCUT2D eigenvalue weighted by Gasteiger charge is -2.14. The van der Waals surface area contributed by atoms with Gasteiger partial charge in [-0.2, -0.15) is 5.10 Å². The second kappa shape index (κ2) is 9.52. The normalized spacial score (nSPS) is 11.7. The molecule has 0 aliphatic rings. The maximum Gasteiger partial charge on any atom is 0.357 e. The van der Waals surface area contributed by atoms with Crippen LogP contribution in [0.4, 0.5) is 5.82 Å². The number of pyridine rings is 1. The summed E-state index contributed by atoms with van der Waals surface area (Å²) in [5.41, 5.74) is 1.52. The number of thiophene rings is 1. The highest BCUT2D eigenvalue weighted by molar-refractivity contribution is 7.13. The Morgan fingerprint density at radius 3 is 2.59 bits per heavy atom. The Balaban J connectivity index is 1.56. The highest BCUT2D eigenvalue weighted by Crippen LogP contribution is 2.27. The van der Waals surface area contributed by atoms with Crippen LogP contribution in [0.2, 0.25) is 10.0 Å². The van der Waals surface area contributed by atoms with Crippen molar-refractivity contribution in [3.8, 4) is 16.3 Å². The molecule has 1 aromatic carbocycles. The van der Waals surface area contributed by atoms with E-state index in [1.165, 1.54) is 35.2 Å². The molecule has 0 radical (unpaired) electrons. The molecular weight excluding hydrogens is 471 g/mol. The third-order valence-electron chi connectivity index (χ3n) is 4.40. The first-order valence-corrected chi connectivity index (χ1v) is 11.1. The molecule has 1 amide bonds. The van der Waals surface area contributed by atoms with Crippen LogP contribution in [0.25, 0.3) is 16.3 Å². The van der Waals surface area contributed by atoms with Crippen LogP contribution in [-0.4, -0.2) is 32.7 Å². The fourth-order valence-corrected chi connectivity index (χ4v) is 3.95. The van der Waals surface area contributed by atoms with E-state index in [4.69, 9.17) is 27.9 Å². The van der Waals surface area contributed by atoms with Crippen molar-refractivity contribution in [3.63, 3.8) is 0 Å². The molecule has 4 aromatic rings. The lowest BCUT2D eigenvalue weighted by Crippen LogP contribution is -2.31. The summed E-state index contributed by atoms with van der Waals surface area (Å²) in [7, 11) is 0. The fourth-order valence-electron chi connectivity index (χ4n) is 2.84. The molecule has 3 aromatic heterocycles. The Morgan fingerprint density at radius 1 is 1.12 bits per heavy atom. The average Bonchev–Trinajstić information content (AvgIpc) is 3.46. The van der Waals surface area contributed by atoms with Gasteiger partial charge in [0.2, 0.25) is 0 Å². The maximum atomic E-state index is 13.0. The van der Waals surface area contributed by atoms with Crippen LogP contribution in [0.1, 0.15) is 17.4 Å². The Morgan fingerprint density at radius 2 is 1.91 bits per heavy atom. The van der Waals surface area contributed by atoms with Crippen LogP contribution in [-0.2, 0) is 9.53 Å². The van der Waals surface area contributed by atoms with Crippen molar-refractivity contribution >= 4 is 52.2 Å². The van der Waals surface area contributed by atoms with Crippen LogP contribution in [0.3, 0.4) is 0 Å². The molecule has 0 unspecified atom stereocenters. The number of para-hydroxylation sites is 1. The molecule has 0 spiro atoms. The zero-order valence-corrected chi connectivity index (χ0v) is 19.0. The number of aromatic nitrogens is 3. The quantitative estimate of drug-likeness (QED) is 0.364. The average molecular weight is 487 g/mol. The molecule has 0 bridgehead atoms. The second-order valence-electron chi connectivity index (χ2n) is 6.66. The molecule has 1 atom stereocenters. The van der Waals surface area contributed by atoms with Gasteiger partial charge in [0, 0.05) is 12.3 Å². The van der Waals surface area contributed by atoms with Gasteiger partial charge in [0.1, 0.15) is 5.69 Å². The number of hydrogen-bond acceptors (Lipinski definition) is 6. The third kappa shape index (κ3) is 4.83. The molecule has 0 aliphatic carbocycles. The lowest BCUT2D eigenvalue weighted by molar-refractivity contribution is -0.123. The number of esters is 1. The summed E-state index contributed by atoms with van der Waals surface area (Å²) in [6.07, 6.45) is 0.241. The third-order valence-corrected chi connectivity index (χ3v) is 5.78. The number of halogens is 2. The first-order valence-electron chi connectivity index (χ1n) is 9.44. The SMILES string of the molecule is C[C@H](OC(=O)c1cc(-c2cccs2)nn1-c1ccccc1)C(=O)Nc1ncc(Cl)cc1Cl. The Hall–Kier alpha value is -3.20. The molecule has 32 heavy (non-hydrogen) atoms. The lowest BCUT2D eigenvalue weighted by atomic mass is 10.3. The number of anilines is 1. The van der Waals surface area contributed by atoms with E-state index in [0.29, 0.717) is 16.4 Å². The summed E-state index contributed by atoms with van der Waals surface area (Å²) in [5.74, 6) is -1.15. The van der Waals surface area contributed by atoms with Crippen LogP contribution in [0.15, 0.2) is 66.2 Å². The van der Waals surface area contributed by atoms with E-state index in [1.807, 2.05) is 47.8 Å². The van der Waals surface area contributed by atoms with Crippen LogP contribution >= 0.6 is 34.5 Å². The largest absolute Gasteiger partial charge is 0.448 e. The summed E-state index contributed by atoms with van der Waals surface area (Å²) in [6.45, 7) is 1.46. The fraction of sp³-hybridized carbons (Fsp3) is 0.0909. The van der Waals surface area contributed by atoms with E-state index < -0.39 is 18.0 Å². The molecule has 3 heterocycles. The molecule has 10 heteroatoms. The molecule has 1 N–H and O–H groups in total. The standard InChI is InChI=1S/C22H16Cl2N4O3S/c1-13(21(29)26-20-16(24)10-14(23)12-25-20)31-22(30)18-11-17(19-8-5-9-32-19)27-28(18)15-6-3-2-4-7-15/h2-13H,1H3,(H,25,26,29)/t13-/m0/s1. The molecule has 0 saturated heterocycles. The summed E-state index contributed by atoms with van der Waals surface area (Å²) < 4.78 is 6.92. The zero-order chi connectivity index (χ0) is 22.7. The van der Waals surface area contributed by atoms with E-state index >= 15 is 0 Å². The van der Waals surface area contributed by atoms with E-state index in [0.717, 1.165) is 4.88 Å². The number of nitrogens with one attached hydrogen (secondary N) is 1. The highest BCUT2D eigenvalue weighted by atomic mass is 35.5. The number of ether oxygens (including phenoxy) is 1. The number of hydrogen-bond donors (Lipinski definition) is 1. The molecule has 4 rings (SSSR count). The van der Waals surface area contributed by atoms with E-state index in [-0.39, 0.29) is 16.5 Å². The zero-order valence-electron chi connectivity index (χ0n) is 16.7. The van der Waals surface area contributed by atoms with Gasteiger partial charge in [-0.1, -0.05) is 47.5 Å². The Labute approximate surface area is 197 Å². The number of amides is 1. The van der Waals surface area contributed by atoms with Crippen molar-refractivity contribution < 1.29 is 14.3 Å². The van der Waals surface area contributed by atoms with Crippen LogP contribution < -0.4 is 5.32 Å². The first kappa shape index (κ1) is 22.0. The minimum atomic E-state index is -1.11. The summed E-state index contributed by atoms with van der Waals surface area (Å²) in [4.78, 5) is 30.4. The van der Waals surface area contributed by atoms with Crippen molar-refractivity contribution in [1.29, 1.82) is 0 Å². The Kier molecular flexibility index (Phi) is 6.55. The molecule has 0 saturated carbocycles. The van der Waals surface area contributed by atoms with Gasteiger partial charge in [-0.25, -0.2) is 14.5 Å². The van der Waals surface area contributed by atoms with Crippen molar-refractivity contribution in [2.75, 3.05) is 5.32 Å². The van der Waals surface area contributed by atoms with Gasteiger partial charge in [0.15, 0.2) is 17.6 Å². The van der Waals surface area contributed by atoms with Crippen LogP contribution in [0.5, 0.6) is 0 Å². The van der Waals surface area contributed by atoms with Crippen molar-refractivity contribution in [1.82, 2.24) is 14.8 Å². The predicted molar refractivity (Wildman–Crippen MR) is 125 cm³/mol. The van der Waals surface area contributed by atoms with Gasteiger partial charge in [-0.3, -0.25) is 4.79 Å². The van der Waals surface area contributed by atoms with Crippen molar-refractivity contribution in [2.24, 2.45) is 0 Å². The van der Waals surface area contributed by atoms with Gasteiger partial charge in [-0.15, -0.1) is 11.3 Å². The molecule has 7 nitrogen and oxygen atoms in total. The first-order chi connectivity index (χ1) is 15.4. The number of carbonyl (C=O) groups excluding carboxylic acids is 2. The van der Waals surface area contributed by atoms with Crippen LogP contribution in [0, 0.1) is 0 Å². The molecule has 162 valence electrons.